The van der Waals surface area contributed by atoms with Crippen LogP contribution in [0, 0.1) is 24.7 Å². The second kappa shape index (κ2) is 15.7. The minimum absolute atomic E-state index is 0.0638. The summed E-state index contributed by atoms with van der Waals surface area (Å²) in [6, 6.07) is 16.6. The number of fused-ring (bicyclic) bond motifs is 1. The van der Waals surface area contributed by atoms with E-state index in [1.807, 2.05) is 64.1 Å². The average Bonchev–Trinajstić information content (AvgIpc) is 3.45. The van der Waals surface area contributed by atoms with Gasteiger partial charge in [-0.2, -0.15) is 0 Å². The summed E-state index contributed by atoms with van der Waals surface area (Å²) in [5.41, 5.74) is 5.15. The number of benzene rings is 2. The fourth-order valence-corrected chi connectivity index (χ4v) is 6.62. The third-order valence-corrected chi connectivity index (χ3v) is 9.28. The summed E-state index contributed by atoms with van der Waals surface area (Å²) < 4.78 is 10.1. The lowest BCUT2D eigenvalue weighted by Crippen LogP contribution is -2.37. The number of ether oxygens (including phenoxy) is 2. The molecular formula is C39H46N4O7. The van der Waals surface area contributed by atoms with Crippen LogP contribution in [-0.4, -0.2) is 53.9 Å². The van der Waals surface area contributed by atoms with Crippen molar-refractivity contribution in [3.8, 4) is 11.1 Å². The highest BCUT2D eigenvalue weighted by atomic mass is 16.6. The summed E-state index contributed by atoms with van der Waals surface area (Å²) in [5, 5.41) is 8.66. The Morgan fingerprint density at radius 3 is 2.36 bits per heavy atom. The number of amides is 3. The van der Waals surface area contributed by atoms with Crippen molar-refractivity contribution in [1.82, 2.24) is 10.3 Å². The fourth-order valence-electron chi connectivity index (χ4n) is 6.62. The molecule has 1 atom stereocenters. The number of methoxy groups -OCH3 is 1. The maximum absolute atomic E-state index is 13.8. The molecular weight excluding hydrogens is 636 g/mol. The molecule has 1 fully saturated rings. The van der Waals surface area contributed by atoms with Gasteiger partial charge in [-0.15, -0.1) is 0 Å². The number of hydrogen-bond donors (Lipinski definition) is 3. The smallest absolute Gasteiger partial charge is 0.407 e. The van der Waals surface area contributed by atoms with Crippen LogP contribution in [0.5, 0.6) is 0 Å². The molecule has 3 N–H and O–H groups in total. The molecule has 1 saturated carbocycles. The first kappa shape index (κ1) is 36.2. The Kier molecular flexibility index (Phi) is 11.3. The van der Waals surface area contributed by atoms with Crippen molar-refractivity contribution >= 4 is 41.0 Å². The van der Waals surface area contributed by atoms with Gasteiger partial charge in [0.05, 0.1) is 13.5 Å². The molecule has 3 aromatic rings. The fraction of sp³-hybridized carbons (Fsp3) is 0.436. The number of Topliss-reactive ketones (excluding diaryl/α,β-unsaturated/α-hetero) is 1. The molecule has 1 aliphatic carbocycles. The molecule has 2 aliphatic rings. The van der Waals surface area contributed by atoms with Crippen LogP contribution in [0.2, 0.25) is 0 Å². The molecule has 11 heteroatoms. The number of carbonyl (C=O) groups is 5. The number of alkyl carbamates (subject to hydrolysis) is 1. The van der Waals surface area contributed by atoms with E-state index in [-0.39, 0.29) is 41.5 Å². The molecule has 50 heavy (non-hydrogen) atoms. The summed E-state index contributed by atoms with van der Waals surface area (Å²) in [6.07, 6.45) is 3.34. The molecule has 0 spiro atoms. The lowest BCUT2D eigenvalue weighted by molar-refractivity contribution is -0.129. The Balaban J connectivity index is 1.25. The highest BCUT2D eigenvalue weighted by Gasteiger charge is 2.31. The standard InChI is InChI=1S/C39H46N4O7/c1-23-31(16-17-32(41-23)37(47)49-5)26-10-6-24(7-11-26)18-29(36(46)42-30-15-14-28-20-35(45)43-33(28)21-30)19-34(44)27-12-8-25(9-13-27)22-40-38(48)50-39(2,3)4/h6-7,10-11,14-17,21,25,27,29H,8-9,12-13,18-20,22H2,1-5H3,(H,40,48)(H,42,46)(H,43,45)/t25?,27?,29-/m1/s1. The van der Waals surface area contributed by atoms with Crippen LogP contribution in [0.15, 0.2) is 54.6 Å². The van der Waals surface area contributed by atoms with Gasteiger partial charge in [-0.3, -0.25) is 14.4 Å². The van der Waals surface area contributed by atoms with Gasteiger partial charge in [0.2, 0.25) is 11.8 Å². The third-order valence-electron chi connectivity index (χ3n) is 9.28. The van der Waals surface area contributed by atoms with E-state index >= 15 is 0 Å². The van der Waals surface area contributed by atoms with Gasteiger partial charge in [0.1, 0.15) is 17.1 Å². The summed E-state index contributed by atoms with van der Waals surface area (Å²) in [7, 11) is 1.32. The maximum Gasteiger partial charge on any atom is 0.407 e. The summed E-state index contributed by atoms with van der Waals surface area (Å²) in [4.78, 5) is 67.7. The lowest BCUT2D eigenvalue weighted by atomic mass is 9.77. The van der Waals surface area contributed by atoms with Crippen molar-refractivity contribution < 1.29 is 33.4 Å². The van der Waals surface area contributed by atoms with Gasteiger partial charge >= 0.3 is 12.1 Å². The Labute approximate surface area is 292 Å². The number of anilines is 2. The second-order valence-corrected chi connectivity index (χ2v) is 14.3. The predicted molar refractivity (Wildman–Crippen MR) is 190 cm³/mol. The van der Waals surface area contributed by atoms with Crippen LogP contribution < -0.4 is 16.0 Å². The second-order valence-electron chi connectivity index (χ2n) is 14.3. The number of aryl methyl sites for hydroxylation is 1. The van der Waals surface area contributed by atoms with E-state index in [4.69, 9.17) is 9.47 Å². The Morgan fingerprint density at radius 1 is 0.980 bits per heavy atom. The number of nitrogens with one attached hydrogen (secondary N) is 3. The minimum Gasteiger partial charge on any atom is -0.464 e. The number of pyridine rings is 1. The Bertz CT molecular complexity index is 1750. The molecule has 0 bridgehead atoms. The topological polar surface area (TPSA) is 153 Å². The number of ketones is 1. The van der Waals surface area contributed by atoms with Crippen LogP contribution in [0.3, 0.4) is 0 Å². The number of carbonyl (C=O) groups excluding carboxylic acids is 5. The van der Waals surface area contributed by atoms with Crippen molar-refractivity contribution in [1.29, 1.82) is 0 Å². The normalized spacial score (nSPS) is 17.6. The average molecular weight is 683 g/mol. The monoisotopic (exact) mass is 682 g/mol. The maximum atomic E-state index is 13.8. The first-order chi connectivity index (χ1) is 23.8. The molecule has 264 valence electrons. The van der Waals surface area contributed by atoms with Crippen LogP contribution in [0.4, 0.5) is 16.2 Å². The van der Waals surface area contributed by atoms with Crippen molar-refractivity contribution in [2.45, 2.75) is 78.2 Å². The van der Waals surface area contributed by atoms with E-state index in [2.05, 4.69) is 20.9 Å². The lowest BCUT2D eigenvalue weighted by Gasteiger charge is -2.29. The van der Waals surface area contributed by atoms with Crippen molar-refractivity contribution in [3.63, 3.8) is 0 Å². The molecule has 11 nitrogen and oxygen atoms in total. The summed E-state index contributed by atoms with van der Waals surface area (Å²) in [6.45, 7) is 7.80. The van der Waals surface area contributed by atoms with Crippen LogP contribution in [0.1, 0.15) is 80.2 Å². The number of rotatable bonds is 11. The van der Waals surface area contributed by atoms with E-state index in [0.29, 0.717) is 49.3 Å². The Morgan fingerprint density at radius 2 is 1.70 bits per heavy atom. The Hall–Kier alpha value is -5.06. The third kappa shape index (κ3) is 9.55. The van der Waals surface area contributed by atoms with E-state index in [0.717, 1.165) is 35.1 Å². The first-order valence-electron chi connectivity index (χ1n) is 17.2. The van der Waals surface area contributed by atoms with Gasteiger partial charge in [0, 0.05) is 47.4 Å². The van der Waals surface area contributed by atoms with Gasteiger partial charge in [-0.1, -0.05) is 36.4 Å². The molecule has 5 rings (SSSR count). The molecule has 0 unspecified atom stereocenters. The molecule has 1 aliphatic heterocycles. The molecule has 2 heterocycles. The molecule has 0 saturated heterocycles. The largest absolute Gasteiger partial charge is 0.464 e. The predicted octanol–water partition coefficient (Wildman–Crippen LogP) is 6.43. The van der Waals surface area contributed by atoms with Crippen LogP contribution in [0.25, 0.3) is 11.1 Å². The zero-order chi connectivity index (χ0) is 36.0. The summed E-state index contributed by atoms with van der Waals surface area (Å²) >= 11 is 0. The number of nitrogens with zero attached hydrogens (tertiary/aromatic N) is 1. The molecule has 1 aromatic heterocycles. The van der Waals surface area contributed by atoms with Gasteiger partial charge in [-0.05, 0) is 101 Å². The highest BCUT2D eigenvalue weighted by Crippen LogP contribution is 2.32. The first-order valence-corrected chi connectivity index (χ1v) is 17.2. The SMILES string of the molecule is COC(=O)c1ccc(-c2ccc(C[C@H](CC(=O)C3CCC(CNC(=O)OC(C)(C)C)CC3)C(=O)Nc3ccc4c(c3)NC(=O)C4)cc2)c(C)n1. The van der Waals surface area contributed by atoms with Crippen LogP contribution in [-0.2, 0) is 36.7 Å². The number of aromatic nitrogens is 1. The zero-order valence-electron chi connectivity index (χ0n) is 29.4. The highest BCUT2D eigenvalue weighted by molar-refractivity contribution is 6.01. The zero-order valence-corrected chi connectivity index (χ0v) is 29.4. The van der Waals surface area contributed by atoms with Gasteiger partial charge in [-0.25, -0.2) is 14.6 Å². The van der Waals surface area contributed by atoms with Gasteiger partial charge in [0.25, 0.3) is 0 Å². The van der Waals surface area contributed by atoms with E-state index in [1.54, 1.807) is 18.2 Å². The minimum atomic E-state index is -0.620. The van der Waals surface area contributed by atoms with Crippen molar-refractivity contribution in [3.05, 3.63) is 77.1 Å². The molecule has 0 radical (unpaired) electrons. The van der Waals surface area contributed by atoms with Crippen molar-refractivity contribution in [2.24, 2.45) is 17.8 Å². The van der Waals surface area contributed by atoms with Gasteiger partial charge < -0.3 is 25.4 Å². The molecule has 3 amide bonds. The number of hydrogen-bond acceptors (Lipinski definition) is 8. The molecule has 2 aromatic carbocycles. The van der Waals surface area contributed by atoms with Crippen molar-refractivity contribution in [2.75, 3.05) is 24.3 Å². The number of esters is 1. The van der Waals surface area contributed by atoms with E-state index < -0.39 is 23.6 Å². The van der Waals surface area contributed by atoms with E-state index in [1.165, 1.54) is 7.11 Å². The van der Waals surface area contributed by atoms with Gasteiger partial charge in [0.15, 0.2) is 0 Å². The van der Waals surface area contributed by atoms with Crippen LogP contribution >= 0.6 is 0 Å². The quantitative estimate of drug-likeness (QED) is 0.196. The van der Waals surface area contributed by atoms with E-state index in [9.17, 15) is 24.0 Å². The summed E-state index contributed by atoms with van der Waals surface area (Å²) in [5.74, 6) is -1.29.